The van der Waals surface area contributed by atoms with Gasteiger partial charge >= 0.3 is 5.69 Å². The first-order valence-corrected chi connectivity index (χ1v) is 5.38. The van der Waals surface area contributed by atoms with Crippen molar-refractivity contribution in [2.45, 2.75) is 6.42 Å². The van der Waals surface area contributed by atoms with Gasteiger partial charge in [0.05, 0.1) is 4.92 Å². The van der Waals surface area contributed by atoms with Gasteiger partial charge in [0.25, 0.3) is 0 Å². The molecule has 0 saturated carbocycles. The monoisotopic (exact) mass is 238 g/mol. The van der Waals surface area contributed by atoms with E-state index in [9.17, 15) is 10.1 Å². The van der Waals surface area contributed by atoms with Crippen LogP contribution in [0.15, 0.2) is 12.1 Å². The zero-order chi connectivity index (χ0) is 12.4. The van der Waals surface area contributed by atoms with Crippen LogP contribution < -0.4 is 10.6 Å². The van der Waals surface area contributed by atoms with E-state index in [0.29, 0.717) is 12.4 Å². The van der Waals surface area contributed by atoms with Gasteiger partial charge in [-0.1, -0.05) is 0 Å². The summed E-state index contributed by atoms with van der Waals surface area (Å²) < 4.78 is 0. The molecular weight excluding hydrogens is 224 g/mol. The lowest BCUT2D eigenvalue weighted by molar-refractivity contribution is -0.384. The summed E-state index contributed by atoms with van der Waals surface area (Å²) in [5, 5.41) is 19.6. The summed E-state index contributed by atoms with van der Waals surface area (Å²) in [6.07, 6.45) is 0.898. The summed E-state index contributed by atoms with van der Waals surface area (Å²) in [6.45, 7) is 1.65. The third-order valence-electron chi connectivity index (χ3n) is 2.95. The molecule has 3 N–H and O–H groups in total. The number of hydrogen-bond donors (Lipinski definition) is 2. The van der Waals surface area contributed by atoms with E-state index < -0.39 is 4.92 Å². The number of anilines is 2. The fourth-order valence-electron chi connectivity index (χ4n) is 1.98. The fourth-order valence-corrected chi connectivity index (χ4v) is 1.98. The van der Waals surface area contributed by atoms with Gasteiger partial charge in [-0.25, -0.2) is 4.98 Å². The van der Waals surface area contributed by atoms with Crippen LogP contribution in [-0.2, 0) is 0 Å². The number of nitro groups is 1. The average Bonchev–Trinajstić information content (AvgIpc) is 2.76. The minimum Gasteiger partial charge on any atom is -0.396 e. The third-order valence-corrected chi connectivity index (χ3v) is 2.95. The van der Waals surface area contributed by atoms with Gasteiger partial charge in [0.15, 0.2) is 0 Å². The average molecular weight is 238 g/mol. The first-order valence-electron chi connectivity index (χ1n) is 5.38. The molecule has 1 unspecified atom stereocenters. The SMILES string of the molecule is Nc1nc(N2CCC(CO)C2)ccc1[N+](=O)[O-]. The van der Waals surface area contributed by atoms with Crippen molar-refractivity contribution >= 4 is 17.3 Å². The Morgan fingerprint density at radius 2 is 2.41 bits per heavy atom. The molecule has 0 aliphatic carbocycles. The van der Waals surface area contributed by atoms with Crippen molar-refractivity contribution in [2.24, 2.45) is 5.92 Å². The normalized spacial score (nSPS) is 19.6. The predicted octanol–water partition coefficient (Wildman–Crippen LogP) is 0.391. The van der Waals surface area contributed by atoms with Gasteiger partial charge in [0.2, 0.25) is 5.82 Å². The van der Waals surface area contributed by atoms with Gasteiger partial charge in [-0.15, -0.1) is 0 Å². The van der Waals surface area contributed by atoms with Crippen molar-refractivity contribution in [3.8, 4) is 0 Å². The molecule has 1 aromatic heterocycles. The van der Waals surface area contributed by atoms with Crippen LogP contribution in [0.4, 0.5) is 17.3 Å². The van der Waals surface area contributed by atoms with Crippen LogP contribution in [0.1, 0.15) is 6.42 Å². The van der Waals surface area contributed by atoms with Crippen molar-refractivity contribution in [3.05, 3.63) is 22.2 Å². The maximum absolute atomic E-state index is 10.6. The lowest BCUT2D eigenvalue weighted by Gasteiger charge is -2.17. The molecule has 0 radical (unpaired) electrons. The van der Waals surface area contributed by atoms with E-state index in [-0.39, 0.29) is 24.0 Å². The van der Waals surface area contributed by atoms with E-state index in [1.807, 2.05) is 4.90 Å². The minimum absolute atomic E-state index is 0.0695. The second kappa shape index (κ2) is 4.54. The molecule has 0 aromatic carbocycles. The Hall–Kier alpha value is -1.89. The Morgan fingerprint density at radius 1 is 1.65 bits per heavy atom. The van der Waals surface area contributed by atoms with Crippen LogP contribution in [0.2, 0.25) is 0 Å². The molecule has 17 heavy (non-hydrogen) atoms. The van der Waals surface area contributed by atoms with E-state index in [1.165, 1.54) is 6.07 Å². The molecule has 7 heteroatoms. The summed E-state index contributed by atoms with van der Waals surface area (Å²) in [5.74, 6) is 0.803. The second-order valence-electron chi connectivity index (χ2n) is 4.11. The van der Waals surface area contributed by atoms with E-state index >= 15 is 0 Å². The standard InChI is InChI=1S/C10H14N4O3/c11-10-8(14(16)17)1-2-9(12-10)13-4-3-7(5-13)6-15/h1-2,7,15H,3-6H2,(H2,11,12). The van der Waals surface area contributed by atoms with Gasteiger partial charge in [0.1, 0.15) is 5.82 Å². The van der Waals surface area contributed by atoms with Gasteiger partial charge in [-0.3, -0.25) is 10.1 Å². The van der Waals surface area contributed by atoms with Crippen LogP contribution in [0.3, 0.4) is 0 Å². The molecule has 0 spiro atoms. The van der Waals surface area contributed by atoms with Crippen LogP contribution in [-0.4, -0.2) is 34.7 Å². The number of pyridine rings is 1. The van der Waals surface area contributed by atoms with Gasteiger partial charge < -0.3 is 15.7 Å². The van der Waals surface area contributed by atoms with E-state index in [4.69, 9.17) is 10.8 Å². The van der Waals surface area contributed by atoms with Gasteiger partial charge in [0, 0.05) is 31.7 Å². The zero-order valence-electron chi connectivity index (χ0n) is 9.24. The molecule has 2 heterocycles. The molecule has 1 fully saturated rings. The Balaban J connectivity index is 2.18. The van der Waals surface area contributed by atoms with Crippen molar-refractivity contribution in [1.82, 2.24) is 4.98 Å². The Bertz CT molecular complexity index is 438. The number of nitrogen functional groups attached to an aromatic ring is 1. The molecule has 1 atom stereocenters. The topological polar surface area (TPSA) is 106 Å². The number of hydrogen-bond acceptors (Lipinski definition) is 6. The summed E-state index contributed by atoms with van der Waals surface area (Å²) >= 11 is 0. The number of aliphatic hydroxyl groups excluding tert-OH is 1. The summed E-state index contributed by atoms with van der Waals surface area (Å²) in [4.78, 5) is 16.0. The van der Waals surface area contributed by atoms with Crippen LogP contribution in [0.5, 0.6) is 0 Å². The Labute approximate surface area is 98.0 Å². The molecule has 0 amide bonds. The molecule has 1 saturated heterocycles. The smallest absolute Gasteiger partial charge is 0.311 e. The van der Waals surface area contributed by atoms with Gasteiger partial charge in [-0.2, -0.15) is 0 Å². The predicted molar refractivity (Wildman–Crippen MR) is 62.7 cm³/mol. The van der Waals surface area contributed by atoms with Crippen molar-refractivity contribution in [3.63, 3.8) is 0 Å². The lowest BCUT2D eigenvalue weighted by atomic mass is 10.1. The highest BCUT2D eigenvalue weighted by molar-refractivity contribution is 5.58. The minimum atomic E-state index is -0.549. The highest BCUT2D eigenvalue weighted by Gasteiger charge is 2.24. The first kappa shape index (κ1) is 11.6. The van der Waals surface area contributed by atoms with Crippen LogP contribution in [0, 0.1) is 16.0 Å². The molecule has 92 valence electrons. The zero-order valence-corrected chi connectivity index (χ0v) is 9.24. The Morgan fingerprint density at radius 3 is 2.94 bits per heavy atom. The van der Waals surface area contributed by atoms with Crippen LogP contribution >= 0.6 is 0 Å². The van der Waals surface area contributed by atoms with Crippen molar-refractivity contribution in [2.75, 3.05) is 30.3 Å². The van der Waals surface area contributed by atoms with E-state index in [0.717, 1.165) is 13.0 Å². The quantitative estimate of drug-likeness (QED) is 0.583. The molecule has 1 aliphatic rings. The van der Waals surface area contributed by atoms with E-state index in [2.05, 4.69) is 4.98 Å². The second-order valence-corrected chi connectivity index (χ2v) is 4.11. The lowest BCUT2D eigenvalue weighted by Crippen LogP contribution is -2.22. The molecular formula is C10H14N4O3. The summed E-state index contributed by atoms with van der Waals surface area (Å²) in [5.41, 5.74) is 5.35. The number of nitrogens with two attached hydrogens (primary N) is 1. The third kappa shape index (κ3) is 2.28. The van der Waals surface area contributed by atoms with Crippen molar-refractivity contribution in [1.29, 1.82) is 0 Å². The fraction of sp³-hybridized carbons (Fsp3) is 0.500. The molecule has 1 aromatic rings. The summed E-state index contributed by atoms with van der Waals surface area (Å²) in [6, 6.07) is 2.96. The largest absolute Gasteiger partial charge is 0.396 e. The molecule has 2 rings (SSSR count). The molecule has 7 nitrogen and oxygen atoms in total. The molecule has 1 aliphatic heterocycles. The number of aromatic nitrogens is 1. The maximum Gasteiger partial charge on any atom is 0.311 e. The maximum atomic E-state index is 10.6. The number of aliphatic hydroxyl groups is 1. The first-order chi connectivity index (χ1) is 8.11. The van der Waals surface area contributed by atoms with E-state index in [1.54, 1.807) is 6.07 Å². The van der Waals surface area contributed by atoms with Crippen molar-refractivity contribution < 1.29 is 10.0 Å². The van der Waals surface area contributed by atoms with Crippen LogP contribution in [0.25, 0.3) is 0 Å². The molecule has 0 bridgehead atoms. The van der Waals surface area contributed by atoms with Gasteiger partial charge in [-0.05, 0) is 12.5 Å². The number of rotatable bonds is 3. The highest BCUT2D eigenvalue weighted by Crippen LogP contribution is 2.26. The Kier molecular flexibility index (Phi) is 3.10. The highest BCUT2D eigenvalue weighted by atomic mass is 16.6. The summed E-state index contributed by atoms with van der Waals surface area (Å²) in [7, 11) is 0. The number of nitrogens with zero attached hydrogens (tertiary/aromatic N) is 3.